The van der Waals surface area contributed by atoms with Gasteiger partial charge < -0.3 is 20.0 Å². The molecule has 2 aromatic rings. The Morgan fingerprint density at radius 1 is 1.20 bits per heavy atom. The highest BCUT2D eigenvalue weighted by Crippen LogP contribution is 2.29. The molecule has 2 heterocycles. The molecule has 6 heteroatoms. The van der Waals surface area contributed by atoms with E-state index < -0.39 is 0 Å². The summed E-state index contributed by atoms with van der Waals surface area (Å²) in [5.41, 5.74) is 2.57. The van der Waals surface area contributed by atoms with E-state index in [0.717, 1.165) is 13.0 Å². The summed E-state index contributed by atoms with van der Waals surface area (Å²) in [5, 5.41) is 5.26. The van der Waals surface area contributed by atoms with Crippen LogP contribution in [0.3, 0.4) is 0 Å². The molecule has 1 atom stereocenters. The molecule has 0 aliphatic carbocycles. The lowest BCUT2D eigenvalue weighted by Crippen LogP contribution is -2.42. The van der Waals surface area contributed by atoms with E-state index in [1.165, 1.54) is 11.1 Å². The standard InChI is InChI=1S/C19H23N3O3/c1-14-5-2-3-7-17(14)15-8-9-22(13-15)18(23)12-21-19(24)20-11-16-6-4-10-25-16/h2-7,10,15H,8-9,11-13H2,1H3,(H2,20,21,24)/t15-/m0/s1. The van der Waals surface area contributed by atoms with Crippen LogP contribution < -0.4 is 10.6 Å². The fourth-order valence-corrected chi connectivity index (χ4v) is 3.20. The lowest BCUT2D eigenvalue weighted by Gasteiger charge is -2.18. The van der Waals surface area contributed by atoms with Crippen molar-refractivity contribution in [3.05, 3.63) is 59.5 Å². The molecule has 3 rings (SSSR count). The number of nitrogens with one attached hydrogen (secondary N) is 2. The van der Waals surface area contributed by atoms with Crippen LogP contribution in [0.25, 0.3) is 0 Å². The molecule has 0 unspecified atom stereocenters. The maximum absolute atomic E-state index is 12.3. The first-order chi connectivity index (χ1) is 12.1. The molecule has 1 aliphatic heterocycles. The molecule has 0 radical (unpaired) electrons. The lowest BCUT2D eigenvalue weighted by atomic mass is 9.94. The number of amides is 3. The zero-order valence-corrected chi connectivity index (χ0v) is 14.3. The maximum atomic E-state index is 12.3. The average Bonchev–Trinajstić information content (AvgIpc) is 3.30. The molecule has 1 fully saturated rings. The molecular weight excluding hydrogens is 318 g/mol. The van der Waals surface area contributed by atoms with E-state index in [-0.39, 0.29) is 18.5 Å². The second-order valence-electron chi connectivity index (χ2n) is 6.30. The Kier molecular flexibility index (Phi) is 5.38. The number of hydrogen-bond donors (Lipinski definition) is 2. The van der Waals surface area contributed by atoms with Crippen LogP contribution in [0, 0.1) is 6.92 Å². The number of urea groups is 1. The fourth-order valence-electron chi connectivity index (χ4n) is 3.20. The van der Waals surface area contributed by atoms with Gasteiger partial charge in [-0.3, -0.25) is 4.79 Å². The smallest absolute Gasteiger partial charge is 0.315 e. The monoisotopic (exact) mass is 341 g/mol. The molecule has 0 bridgehead atoms. The van der Waals surface area contributed by atoms with Gasteiger partial charge in [-0.25, -0.2) is 4.79 Å². The van der Waals surface area contributed by atoms with Gasteiger partial charge >= 0.3 is 6.03 Å². The van der Waals surface area contributed by atoms with Crippen molar-refractivity contribution in [3.63, 3.8) is 0 Å². The van der Waals surface area contributed by atoms with Gasteiger partial charge in [0.2, 0.25) is 5.91 Å². The van der Waals surface area contributed by atoms with Gasteiger partial charge in [0.05, 0.1) is 19.4 Å². The van der Waals surface area contributed by atoms with Crippen LogP contribution >= 0.6 is 0 Å². The third-order valence-corrected chi connectivity index (χ3v) is 4.57. The second kappa shape index (κ2) is 7.88. The molecule has 0 saturated carbocycles. The Labute approximate surface area is 147 Å². The van der Waals surface area contributed by atoms with Gasteiger partial charge in [-0.2, -0.15) is 0 Å². The van der Waals surface area contributed by atoms with Crippen molar-refractivity contribution in [1.82, 2.24) is 15.5 Å². The Morgan fingerprint density at radius 3 is 2.80 bits per heavy atom. The van der Waals surface area contributed by atoms with E-state index in [1.54, 1.807) is 18.4 Å². The average molecular weight is 341 g/mol. The molecule has 0 spiro atoms. The minimum absolute atomic E-state index is 0.00444. The van der Waals surface area contributed by atoms with Gasteiger partial charge in [0, 0.05) is 19.0 Å². The van der Waals surface area contributed by atoms with Crippen LogP contribution in [0.15, 0.2) is 47.1 Å². The van der Waals surface area contributed by atoms with E-state index in [4.69, 9.17) is 4.42 Å². The molecule has 6 nitrogen and oxygen atoms in total. The minimum Gasteiger partial charge on any atom is -0.467 e. The SMILES string of the molecule is Cc1ccccc1[C@H]1CCN(C(=O)CNC(=O)NCc2ccco2)C1. The molecule has 1 aliphatic rings. The Morgan fingerprint density at radius 2 is 2.04 bits per heavy atom. The van der Waals surface area contributed by atoms with Crippen molar-refractivity contribution in [2.75, 3.05) is 19.6 Å². The Hall–Kier alpha value is -2.76. The summed E-state index contributed by atoms with van der Waals surface area (Å²) in [6.45, 7) is 3.84. The third-order valence-electron chi connectivity index (χ3n) is 4.57. The maximum Gasteiger partial charge on any atom is 0.315 e. The van der Waals surface area contributed by atoms with Gasteiger partial charge in [0.25, 0.3) is 0 Å². The number of nitrogens with zero attached hydrogens (tertiary/aromatic N) is 1. The summed E-state index contributed by atoms with van der Waals surface area (Å²) in [7, 11) is 0. The number of likely N-dealkylation sites (tertiary alicyclic amines) is 1. The minimum atomic E-state index is -0.376. The number of furan rings is 1. The molecule has 3 amide bonds. The van der Waals surface area contributed by atoms with Crippen LogP contribution in [0.5, 0.6) is 0 Å². The van der Waals surface area contributed by atoms with E-state index >= 15 is 0 Å². The predicted octanol–water partition coefficient (Wildman–Crippen LogP) is 2.40. The summed E-state index contributed by atoms with van der Waals surface area (Å²) < 4.78 is 5.14. The van der Waals surface area contributed by atoms with E-state index in [0.29, 0.717) is 24.8 Å². The van der Waals surface area contributed by atoms with Crippen LogP contribution in [0.2, 0.25) is 0 Å². The third kappa shape index (κ3) is 4.41. The number of hydrogen-bond acceptors (Lipinski definition) is 3. The van der Waals surface area contributed by atoms with Gasteiger partial charge in [0.1, 0.15) is 5.76 Å². The van der Waals surface area contributed by atoms with Gasteiger partial charge in [0.15, 0.2) is 0 Å². The van der Waals surface area contributed by atoms with Crippen LogP contribution in [0.4, 0.5) is 4.79 Å². The van der Waals surface area contributed by atoms with Crippen molar-refractivity contribution in [3.8, 4) is 0 Å². The highest BCUT2D eigenvalue weighted by atomic mass is 16.3. The summed E-state index contributed by atoms with van der Waals surface area (Å²) in [5.74, 6) is 0.990. The second-order valence-corrected chi connectivity index (χ2v) is 6.30. The molecule has 2 N–H and O–H groups in total. The van der Waals surface area contributed by atoms with Crippen molar-refractivity contribution in [2.24, 2.45) is 0 Å². The summed E-state index contributed by atoms with van der Waals surface area (Å²) in [6.07, 6.45) is 2.51. The number of carbonyl (C=O) groups is 2. The first kappa shape index (κ1) is 17.1. The van der Waals surface area contributed by atoms with Crippen molar-refractivity contribution in [2.45, 2.75) is 25.8 Å². The predicted molar refractivity (Wildman–Crippen MR) is 94.1 cm³/mol. The summed E-state index contributed by atoms with van der Waals surface area (Å²) in [4.78, 5) is 25.9. The molecular formula is C19H23N3O3. The molecule has 1 aromatic carbocycles. The van der Waals surface area contributed by atoms with Gasteiger partial charge in [-0.1, -0.05) is 24.3 Å². The molecule has 132 valence electrons. The summed E-state index contributed by atoms with van der Waals surface area (Å²) >= 11 is 0. The quantitative estimate of drug-likeness (QED) is 0.877. The van der Waals surface area contributed by atoms with Crippen LogP contribution in [-0.2, 0) is 11.3 Å². The van der Waals surface area contributed by atoms with Crippen LogP contribution in [0.1, 0.15) is 29.2 Å². The molecule has 1 saturated heterocycles. The number of aryl methyl sites for hydroxylation is 1. The summed E-state index contributed by atoms with van der Waals surface area (Å²) in [6, 6.07) is 11.5. The lowest BCUT2D eigenvalue weighted by molar-refractivity contribution is -0.129. The largest absolute Gasteiger partial charge is 0.467 e. The van der Waals surface area contributed by atoms with E-state index in [9.17, 15) is 9.59 Å². The first-order valence-corrected chi connectivity index (χ1v) is 8.51. The zero-order chi connectivity index (χ0) is 17.6. The van der Waals surface area contributed by atoms with Crippen molar-refractivity contribution < 1.29 is 14.0 Å². The van der Waals surface area contributed by atoms with Gasteiger partial charge in [-0.15, -0.1) is 0 Å². The fraction of sp³-hybridized carbons (Fsp3) is 0.368. The topological polar surface area (TPSA) is 74.6 Å². The Balaban J connectivity index is 1.43. The number of benzene rings is 1. The normalized spacial score (nSPS) is 16.7. The number of rotatable bonds is 5. The van der Waals surface area contributed by atoms with E-state index in [1.807, 2.05) is 17.0 Å². The van der Waals surface area contributed by atoms with E-state index in [2.05, 4.69) is 29.7 Å². The molecule has 1 aromatic heterocycles. The van der Waals surface area contributed by atoms with Crippen LogP contribution in [-0.4, -0.2) is 36.5 Å². The first-order valence-electron chi connectivity index (χ1n) is 8.51. The van der Waals surface area contributed by atoms with Gasteiger partial charge in [-0.05, 0) is 36.6 Å². The van der Waals surface area contributed by atoms with Crippen molar-refractivity contribution >= 4 is 11.9 Å². The zero-order valence-electron chi connectivity index (χ0n) is 14.3. The highest BCUT2D eigenvalue weighted by Gasteiger charge is 2.27. The van der Waals surface area contributed by atoms with Crippen molar-refractivity contribution in [1.29, 1.82) is 0 Å². The molecule has 25 heavy (non-hydrogen) atoms. The number of carbonyl (C=O) groups excluding carboxylic acids is 2. The highest BCUT2D eigenvalue weighted by molar-refractivity contribution is 5.84. The Bertz CT molecular complexity index is 727.